The molecule has 0 aliphatic rings. The molecule has 3 aromatic carbocycles. The lowest BCUT2D eigenvalue weighted by Crippen LogP contribution is -2.15. The van der Waals surface area contributed by atoms with Crippen molar-refractivity contribution in [3.05, 3.63) is 72.3 Å². The van der Waals surface area contributed by atoms with Crippen LogP contribution in [0.25, 0.3) is 0 Å². The molecule has 0 heterocycles. The summed E-state index contributed by atoms with van der Waals surface area (Å²) < 4.78 is 38.4. The van der Waals surface area contributed by atoms with E-state index in [2.05, 4.69) is 15.4 Å². The van der Waals surface area contributed by atoms with Crippen molar-refractivity contribution in [3.63, 3.8) is 0 Å². The molecule has 172 valence electrons. The van der Waals surface area contributed by atoms with Crippen LogP contribution in [-0.4, -0.2) is 34.5 Å². The van der Waals surface area contributed by atoms with Crippen LogP contribution < -0.4 is 24.8 Å². The maximum atomic E-state index is 12.7. The average Bonchev–Trinajstić information content (AvgIpc) is 2.79. The zero-order valence-electron chi connectivity index (χ0n) is 18.2. The van der Waals surface area contributed by atoms with Gasteiger partial charge in [0.2, 0.25) is 5.91 Å². The van der Waals surface area contributed by atoms with Gasteiger partial charge in [0, 0.05) is 18.2 Å². The van der Waals surface area contributed by atoms with Crippen molar-refractivity contribution >= 4 is 38.9 Å². The Hall–Kier alpha value is -4.05. The van der Waals surface area contributed by atoms with Gasteiger partial charge in [0.1, 0.15) is 11.5 Å². The smallest absolute Gasteiger partial charge is 0.262 e. The van der Waals surface area contributed by atoms with Gasteiger partial charge in [0.05, 0.1) is 30.5 Å². The zero-order valence-corrected chi connectivity index (χ0v) is 19.0. The number of anilines is 3. The topological polar surface area (TPSA) is 123 Å². The summed E-state index contributed by atoms with van der Waals surface area (Å²) >= 11 is 0. The third-order valence-corrected chi connectivity index (χ3v) is 5.93. The van der Waals surface area contributed by atoms with Crippen LogP contribution in [0.1, 0.15) is 17.3 Å². The van der Waals surface area contributed by atoms with Crippen LogP contribution in [0.3, 0.4) is 0 Å². The summed E-state index contributed by atoms with van der Waals surface area (Å²) in [4.78, 5) is 24.0. The van der Waals surface area contributed by atoms with Gasteiger partial charge < -0.3 is 20.1 Å². The monoisotopic (exact) mass is 469 g/mol. The molecule has 0 aliphatic carbocycles. The molecular weight excluding hydrogens is 446 g/mol. The molecule has 33 heavy (non-hydrogen) atoms. The van der Waals surface area contributed by atoms with Gasteiger partial charge in [-0.15, -0.1) is 0 Å². The zero-order chi connectivity index (χ0) is 24.0. The van der Waals surface area contributed by atoms with Crippen LogP contribution in [0.2, 0.25) is 0 Å². The maximum absolute atomic E-state index is 12.7. The molecule has 0 spiro atoms. The standard InChI is InChI=1S/C23H23N3O6S/c1-15(27)24-17-10-13-22(32-3)20(14-17)25-23(28)16-8-11-18(12-9-16)33(29,30)26-19-6-4-5-7-21(19)31-2/h4-14,26H,1-3H3,(H,24,27)(H,25,28). The Morgan fingerprint density at radius 1 is 0.788 bits per heavy atom. The summed E-state index contributed by atoms with van der Waals surface area (Å²) in [7, 11) is -0.995. The highest BCUT2D eigenvalue weighted by Gasteiger charge is 2.18. The average molecular weight is 470 g/mol. The van der Waals surface area contributed by atoms with Gasteiger partial charge in [-0.1, -0.05) is 12.1 Å². The van der Waals surface area contributed by atoms with E-state index in [4.69, 9.17) is 9.47 Å². The third kappa shape index (κ3) is 5.80. The number of ether oxygens (including phenoxy) is 2. The molecule has 0 aliphatic heterocycles. The number of carbonyl (C=O) groups excluding carboxylic acids is 2. The van der Waals surface area contributed by atoms with E-state index in [1.165, 1.54) is 45.4 Å². The Labute approximate surface area is 191 Å². The van der Waals surface area contributed by atoms with Crippen molar-refractivity contribution < 1.29 is 27.5 Å². The normalized spacial score (nSPS) is 10.8. The van der Waals surface area contributed by atoms with Crippen molar-refractivity contribution in [1.29, 1.82) is 0 Å². The van der Waals surface area contributed by atoms with Crippen LogP contribution in [-0.2, 0) is 14.8 Å². The van der Waals surface area contributed by atoms with Crippen molar-refractivity contribution in [2.24, 2.45) is 0 Å². The van der Waals surface area contributed by atoms with Gasteiger partial charge in [-0.25, -0.2) is 8.42 Å². The number of amides is 2. The molecule has 0 fully saturated rings. The predicted octanol–water partition coefficient (Wildman–Crippen LogP) is 3.72. The van der Waals surface area contributed by atoms with Crippen LogP contribution in [0.4, 0.5) is 17.1 Å². The van der Waals surface area contributed by atoms with E-state index in [1.54, 1.807) is 42.5 Å². The minimum absolute atomic E-state index is 0.0183. The number of hydrogen-bond acceptors (Lipinski definition) is 6. The first-order chi connectivity index (χ1) is 15.7. The molecule has 10 heteroatoms. The molecule has 0 bridgehead atoms. The van der Waals surface area contributed by atoms with Crippen LogP contribution in [0, 0.1) is 0 Å². The summed E-state index contributed by atoms with van der Waals surface area (Å²) in [6.45, 7) is 1.38. The first kappa shape index (κ1) is 23.6. The molecule has 3 rings (SSSR count). The second-order valence-electron chi connectivity index (χ2n) is 6.88. The predicted molar refractivity (Wildman–Crippen MR) is 125 cm³/mol. The second kappa shape index (κ2) is 10.0. The van der Waals surface area contributed by atoms with Gasteiger partial charge in [-0.2, -0.15) is 0 Å². The van der Waals surface area contributed by atoms with E-state index in [1.807, 2.05) is 0 Å². The first-order valence-corrected chi connectivity index (χ1v) is 11.2. The van der Waals surface area contributed by atoms with E-state index in [0.29, 0.717) is 28.6 Å². The molecule has 0 saturated carbocycles. The Kier molecular flexibility index (Phi) is 7.19. The fourth-order valence-corrected chi connectivity index (χ4v) is 4.07. The summed E-state index contributed by atoms with van der Waals surface area (Å²) in [5.74, 6) is 0.0519. The summed E-state index contributed by atoms with van der Waals surface area (Å²) in [5, 5.41) is 5.34. The molecule has 0 radical (unpaired) electrons. The number of methoxy groups -OCH3 is 2. The first-order valence-electron chi connectivity index (χ1n) is 9.76. The summed E-state index contributed by atoms with van der Waals surface area (Å²) in [6, 6.07) is 16.9. The van der Waals surface area contributed by atoms with Gasteiger partial charge in [0.25, 0.3) is 15.9 Å². The number of hydrogen-bond donors (Lipinski definition) is 3. The Bertz CT molecular complexity index is 1270. The van der Waals surface area contributed by atoms with Gasteiger partial charge in [-0.05, 0) is 54.6 Å². The Balaban J connectivity index is 1.78. The Morgan fingerprint density at radius 3 is 2.06 bits per heavy atom. The lowest BCUT2D eigenvalue weighted by molar-refractivity contribution is -0.114. The molecule has 0 saturated heterocycles. The maximum Gasteiger partial charge on any atom is 0.262 e. The molecule has 0 unspecified atom stereocenters. The van der Waals surface area contributed by atoms with Crippen LogP contribution >= 0.6 is 0 Å². The quantitative estimate of drug-likeness (QED) is 0.462. The SMILES string of the molecule is COc1ccc(NC(C)=O)cc1NC(=O)c1ccc(S(=O)(=O)Nc2ccccc2OC)cc1. The second-order valence-corrected chi connectivity index (χ2v) is 8.56. The van der Waals surface area contributed by atoms with E-state index in [0.717, 1.165) is 0 Å². The minimum atomic E-state index is -3.90. The number of para-hydroxylation sites is 2. The molecule has 3 aromatic rings. The molecule has 3 N–H and O–H groups in total. The molecule has 0 atom stereocenters. The highest BCUT2D eigenvalue weighted by molar-refractivity contribution is 7.92. The molecule has 2 amide bonds. The lowest BCUT2D eigenvalue weighted by Gasteiger charge is -2.13. The number of benzene rings is 3. The largest absolute Gasteiger partial charge is 0.495 e. The highest BCUT2D eigenvalue weighted by atomic mass is 32.2. The van der Waals surface area contributed by atoms with Gasteiger partial charge >= 0.3 is 0 Å². The lowest BCUT2D eigenvalue weighted by atomic mass is 10.2. The number of carbonyl (C=O) groups is 2. The van der Waals surface area contributed by atoms with Gasteiger partial charge in [0.15, 0.2) is 0 Å². The minimum Gasteiger partial charge on any atom is -0.495 e. The van der Waals surface area contributed by atoms with Crippen molar-refractivity contribution in [2.45, 2.75) is 11.8 Å². The van der Waals surface area contributed by atoms with Crippen molar-refractivity contribution in [1.82, 2.24) is 0 Å². The number of nitrogens with one attached hydrogen (secondary N) is 3. The molecule has 9 nitrogen and oxygen atoms in total. The fraction of sp³-hybridized carbons (Fsp3) is 0.130. The van der Waals surface area contributed by atoms with Crippen LogP contribution in [0.5, 0.6) is 11.5 Å². The van der Waals surface area contributed by atoms with E-state index >= 15 is 0 Å². The summed E-state index contributed by atoms with van der Waals surface area (Å²) in [6.07, 6.45) is 0. The molecular formula is C23H23N3O6S. The number of sulfonamides is 1. The molecule has 0 aromatic heterocycles. The van der Waals surface area contributed by atoms with Gasteiger partial charge in [-0.3, -0.25) is 14.3 Å². The summed E-state index contributed by atoms with van der Waals surface area (Å²) in [5.41, 5.74) is 1.37. The van der Waals surface area contributed by atoms with E-state index < -0.39 is 15.9 Å². The Morgan fingerprint density at radius 2 is 1.42 bits per heavy atom. The van der Waals surface area contributed by atoms with Crippen LogP contribution in [0.15, 0.2) is 71.6 Å². The highest BCUT2D eigenvalue weighted by Crippen LogP contribution is 2.29. The van der Waals surface area contributed by atoms with Crippen molar-refractivity contribution in [3.8, 4) is 11.5 Å². The van der Waals surface area contributed by atoms with E-state index in [-0.39, 0.29) is 16.4 Å². The number of rotatable bonds is 8. The van der Waals surface area contributed by atoms with Crippen molar-refractivity contribution in [2.75, 3.05) is 29.6 Å². The fourth-order valence-electron chi connectivity index (χ4n) is 3.00. The third-order valence-electron chi connectivity index (χ3n) is 4.55. The van der Waals surface area contributed by atoms with E-state index in [9.17, 15) is 18.0 Å².